The largest absolute Gasteiger partial charge is 0.399 e. The monoisotopic (exact) mass is 232 g/mol. The van der Waals surface area contributed by atoms with E-state index in [4.69, 9.17) is 5.73 Å². The summed E-state index contributed by atoms with van der Waals surface area (Å²) in [6, 6.07) is 8.10. The molecule has 1 fully saturated rings. The van der Waals surface area contributed by atoms with E-state index in [2.05, 4.69) is 6.07 Å². The lowest BCUT2D eigenvalue weighted by Gasteiger charge is -2.27. The van der Waals surface area contributed by atoms with Crippen molar-refractivity contribution in [1.29, 1.82) is 0 Å². The molecule has 92 valence electrons. The van der Waals surface area contributed by atoms with E-state index in [9.17, 15) is 4.79 Å². The number of hydrogen-bond acceptors (Lipinski definition) is 2. The standard InChI is InChI=1S/C14H20N2O/c1-10(2)14(17)16-8-4-7-13(16)11-5-3-6-12(15)9-11/h3,5-6,9-10,13H,4,7-8,15H2,1-2H3. The molecular weight excluding hydrogens is 212 g/mol. The van der Waals surface area contributed by atoms with Gasteiger partial charge in [0, 0.05) is 18.2 Å². The molecule has 17 heavy (non-hydrogen) atoms. The van der Waals surface area contributed by atoms with Crippen LogP contribution in [0.4, 0.5) is 5.69 Å². The lowest BCUT2D eigenvalue weighted by atomic mass is 10.0. The highest BCUT2D eigenvalue weighted by molar-refractivity contribution is 5.79. The normalized spacial score (nSPS) is 19.9. The first-order chi connectivity index (χ1) is 8.09. The van der Waals surface area contributed by atoms with E-state index in [1.807, 2.05) is 36.9 Å². The SMILES string of the molecule is CC(C)C(=O)N1CCCC1c1cccc(N)c1. The fourth-order valence-corrected chi connectivity index (χ4v) is 2.47. The molecule has 1 amide bonds. The molecule has 1 saturated heterocycles. The molecule has 1 aromatic rings. The van der Waals surface area contributed by atoms with Crippen LogP contribution < -0.4 is 5.73 Å². The number of anilines is 1. The van der Waals surface area contributed by atoms with E-state index < -0.39 is 0 Å². The number of carbonyl (C=O) groups is 1. The summed E-state index contributed by atoms with van der Waals surface area (Å²) in [4.78, 5) is 14.1. The Hall–Kier alpha value is -1.51. The molecule has 0 spiro atoms. The molecule has 3 heteroatoms. The van der Waals surface area contributed by atoms with Crippen molar-refractivity contribution in [2.75, 3.05) is 12.3 Å². The molecule has 0 bridgehead atoms. The third-order valence-corrected chi connectivity index (χ3v) is 3.33. The van der Waals surface area contributed by atoms with Crippen LogP contribution in [-0.4, -0.2) is 17.4 Å². The van der Waals surface area contributed by atoms with Crippen LogP contribution in [0.15, 0.2) is 24.3 Å². The summed E-state index contributed by atoms with van der Waals surface area (Å²) in [6.45, 7) is 4.78. The second-order valence-electron chi connectivity index (χ2n) is 5.01. The van der Waals surface area contributed by atoms with Crippen molar-refractivity contribution in [1.82, 2.24) is 4.90 Å². The average molecular weight is 232 g/mol. The highest BCUT2D eigenvalue weighted by Gasteiger charge is 2.30. The molecule has 1 unspecified atom stereocenters. The Labute approximate surface area is 103 Å². The van der Waals surface area contributed by atoms with E-state index in [1.54, 1.807) is 0 Å². The van der Waals surface area contributed by atoms with Crippen LogP contribution in [0.5, 0.6) is 0 Å². The predicted octanol–water partition coefficient (Wildman–Crippen LogP) is 2.59. The highest BCUT2D eigenvalue weighted by atomic mass is 16.2. The molecule has 0 radical (unpaired) electrons. The molecule has 2 N–H and O–H groups in total. The van der Waals surface area contributed by atoms with Crippen LogP contribution in [0.3, 0.4) is 0 Å². The molecule has 1 heterocycles. The Morgan fingerprint density at radius 3 is 2.88 bits per heavy atom. The Bertz CT molecular complexity index is 414. The number of hydrogen-bond donors (Lipinski definition) is 1. The maximum absolute atomic E-state index is 12.1. The number of nitrogens with zero attached hydrogens (tertiary/aromatic N) is 1. The van der Waals surface area contributed by atoms with Crippen molar-refractivity contribution in [2.24, 2.45) is 5.92 Å². The summed E-state index contributed by atoms with van der Waals surface area (Å²) in [6.07, 6.45) is 2.12. The molecule has 1 aromatic carbocycles. The lowest BCUT2D eigenvalue weighted by molar-refractivity contribution is -0.135. The van der Waals surface area contributed by atoms with E-state index in [1.165, 1.54) is 0 Å². The number of nitrogen functional groups attached to an aromatic ring is 1. The van der Waals surface area contributed by atoms with Crippen LogP contribution in [0.25, 0.3) is 0 Å². The van der Waals surface area contributed by atoms with Gasteiger partial charge in [0.25, 0.3) is 0 Å². The van der Waals surface area contributed by atoms with Crippen LogP contribution in [-0.2, 0) is 4.79 Å². The molecule has 0 saturated carbocycles. The zero-order valence-corrected chi connectivity index (χ0v) is 10.5. The minimum atomic E-state index is 0.0664. The molecule has 1 atom stereocenters. The van der Waals surface area contributed by atoms with E-state index in [0.717, 1.165) is 30.6 Å². The number of nitrogens with two attached hydrogens (primary N) is 1. The smallest absolute Gasteiger partial charge is 0.225 e. The maximum Gasteiger partial charge on any atom is 0.225 e. The summed E-state index contributed by atoms with van der Waals surface area (Å²) in [5.41, 5.74) is 7.74. The molecule has 2 rings (SSSR count). The van der Waals surface area contributed by atoms with Crippen LogP contribution in [0, 0.1) is 5.92 Å². The first-order valence-corrected chi connectivity index (χ1v) is 6.25. The molecule has 0 aliphatic carbocycles. The van der Waals surface area contributed by atoms with E-state index in [0.29, 0.717) is 0 Å². The van der Waals surface area contributed by atoms with Gasteiger partial charge in [0.1, 0.15) is 0 Å². The molecule has 3 nitrogen and oxygen atoms in total. The van der Waals surface area contributed by atoms with Crippen molar-refractivity contribution in [2.45, 2.75) is 32.7 Å². The maximum atomic E-state index is 12.1. The second-order valence-corrected chi connectivity index (χ2v) is 5.01. The molecule has 1 aliphatic heterocycles. The van der Waals surface area contributed by atoms with Gasteiger partial charge in [-0.25, -0.2) is 0 Å². The Kier molecular flexibility index (Phi) is 3.36. The zero-order chi connectivity index (χ0) is 12.4. The highest BCUT2D eigenvalue weighted by Crippen LogP contribution is 2.33. The zero-order valence-electron chi connectivity index (χ0n) is 10.5. The van der Waals surface area contributed by atoms with Crippen LogP contribution in [0.1, 0.15) is 38.3 Å². The van der Waals surface area contributed by atoms with Gasteiger partial charge in [-0.05, 0) is 30.5 Å². The number of likely N-dealkylation sites (tertiary alicyclic amines) is 1. The van der Waals surface area contributed by atoms with Gasteiger partial charge in [-0.15, -0.1) is 0 Å². The number of benzene rings is 1. The van der Waals surface area contributed by atoms with Gasteiger partial charge in [-0.2, -0.15) is 0 Å². The van der Waals surface area contributed by atoms with Gasteiger partial charge < -0.3 is 10.6 Å². The minimum absolute atomic E-state index is 0.0664. The third-order valence-electron chi connectivity index (χ3n) is 3.33. The van der Waals surface area contributed by atoms with Gasteiger partial charge in [-0.3, -0.25) is 4.79 Å². The summed E-state index contributed by atoms with van der Waals surface area (Å²) < 4.78 is 0. The Morgan fingerprint density at radius 1 is 1.47 bits per heavy atom. The van der Waals surface area contributed by atoms with Crippen molar-refractivity contribution >= 4 is 11.6 Å². The van der Waals surface area contributed by atoms with Gasteiger partial charge in [0.15, 0.2) is 0 Å². The predicted molar refractivity (Wildman–Crippen MR) is 69.4 cm³/mol. The van der Waals surface area contributed by atoms with Crippen LogP contribution >= 0.6 is 0 Å². The van der Waals surface area contributed by atoms with E-state index in [-0.39, 0.29) is 17.9 Å². The first kappa shape index (κ1) is 12.0. The van der Waals surface area contributed by atoms with Crippen molar-refractivity contribution < 1.29 is 4.79 Å². The van der Waals surface area contributed by atoms with E-state index >= 15 is 0 Å². The summed E-state index contributed by atoms with van der Waals surface area (Å²) in [5, 5.41) is 0. The second kappa shape index (κ2) is 4.78. The van der Waals surface area contributed by atoms with Crippen molar-refractivity contribution in [3.8, 4) is 0 Å². The number of amides is 1. The van der Waals surface area contributed by atoms with Crippen molar-refractivity contribution in [3.63, 3.8) is 0 Å². The minimum Gasteiger partial charge on any atom is -0.399 e. The lowest BCUT2D eigenvalue weighted by Crippen LogP contribution is -2.33. The van der Waals surface area contributed by atoms with Gasteiger partial charge in [-0.1, -0.05) is 26.0 Å². The quantitative estimate of drug-likeness (QED) is 0.797. The fraction of sp³-hybridized carbons (Fsp3) is 0.500. The average Bonchev–Trinajstić information content (AvgIpc) is 2.76. The van der Waals surface area contributed by atoms with Crippen LogP contribution in [0.2, 0.25) is 0 Å². The van der Waals surface area contributed by atoms with Gasteiger partial charge in [0.05, 0.1) is 6.04 Å². The third kappa shape index (κ3) is 2.43. The number of carbonyl (C=O) groups excluding carboxylic acids is 1. The topological polar surface area (TPSA) is 46.3 Å². The molecular formula is C14H20N2O. The molecule has 0 aromatic heterocycles. The van der Waals surface area contributed by atoms with Gasteiger partial charge >= 0.3 is 0 Å². The Morgan fingerprint density at radius 2 is 2.24 bits per heavy atom. The Balaban J connectivity index is 2.23. The first-order valence-electron chi connectivity index (χ1n) is 6.25. The summed E-state index contributed by atoms with van der Waals surface area (Å²) in [7, 11) is 0. The summed E-state index contributed by atoms with van der Waals surface area (Å²) >= 11 is 0. The van der Waals surface area contributed by atoms with Crippen molar-refractivity contribution in [3.05, 3.63) is 29.8 Å². The summed E-state index contributed by atoms with van der Waals surface area (Å²) in [5.74, 6) is 0.312. The van der Waals surface area contributed by atoms with Gasteiger partial charge in [0.2, 0.25) is 5.91 Å². The number of rotatable bonds is 2. The fourth-order valence-electron chi connectivity index (χ4n) is 2.47. The molecule has 1 aliphatic rings.